The van der Waals surface area contributed by atoms with E-state index in [0.29, 0.717) is 11.1 Å². The highest BCUT2D eigenvalue weighted by molar-refractivity contribution is 6.10. The highest BCUT2D eigenvalue weighted by Gasteiger charge is 2.33. The highest BCUT2D eigenvalue weighted by Crippen LogP contribution is 2.24. The van der Waals surface area contributed by atoms with Crippen molar-refractivity contribution in [3.63, 3.8) is 0 Å². The van der Waals surface area contributed by atoms with Gasteiger partial charge in [-0.25, -0.2) is 4.39 Å². The van der Waals surface area contributed by atoms with Crippen LogP contribution in [0.5, 0.6) is 0 Å². The van der Waals surface area contributed by atoms with E-state index < -0.39 is 36.1 Å². The summed E-state index contributed by atoms with van der Waals surface area (Å²) in [5.74, 6) is -2.87. The fraction of sp³-hybridized carbons (Fsp3) is 0.211. The van der Waals surface area contributed by atoms with Crippen molar-refractivity contribution in [2.45, 2.75) is 6.04 Å². The van der Waals surface area contributed by atoms with Crippen LogP contribution in [-0.4, -0.2) is 54.3 Å². The Labute approximate surface area is 150 Å². The number of nitrogens with zero attached hydrogens (tertiary/aromatic N) is 1. The van der Waals surface area contributed by atoms with Gasteiger partial charge in [-0.3, -0.25) is 14.4 Å². The van der Waals surface area contributed by atoms with Crippen molar-refractivity contribution in [3.8, 4) is 11.1 Å². The van der Waals surface area contributed by atoms with Gasteiger partial charge in [-0.05, 0) is 17.7 Å². The molecule has 2 amide bonds. The zero-order valence-electron chi connectivity index (χ0n) is 14.4. The SMILES string of the molecule is CNC(=O)C(C(=O)CO)N(C)C(=O)c1ccc(-c2ccccc2)c(F)c1. The normalized spacial score (nSPS) is 11.5. The molecule has 1 atom stereocenters. The van der Waals surface area contributed by atoms with Crippen molar-refractivity contribution >= 4 is 17.6 Å². The van der Waals surface area contributed by atoms with Gasteiger partial charge < -0.3 is 15.3 Å². The quantitative estimate of drug-likeness (QED) is 0.761. The molecule has 7 heteroatoms. The standard InChI is InChI=1S/C19H19FN2O4/c1-21-18(25)17(16(24)11-23)22(2)19(26)13-8-9-14(15(20)10-13)12-6-4-3-5-7-12/h3-10,17,23H,11H2,1-2H3,(H,21,25). The molecule has 0 saturated heterocycles. The van der Waals surface area contributed by atoms with Crippen LogP contribution in [0.4, 0.5) is 4.39 Å². The van der Waals surface area contributed by atoms with Crippen molar-refractivity contribution in [1.29, 1.82) is 0 Å². The van der Waals surface area contributed by atoms with Gasteiger partial charge in [-0.2, -0.15) is 0 Å². The third-order valence-electron chi connectivity index (χ3n) is 3.96. The third kappa shape index (κ3) is 3.94. The molecule has 2 N–H and O–H groups in total. The van der Waals surface area contributed by atoms with Gasteiger partial charge in [0.25, 0.3) is 5.91 Å². The number of amides is 2. The minimum absolute atomic E-state index is 0.00989. The molecule has 1 unspecified atom stereocenters. The summed E-state index contributed by atoms with van der Waals surface area (Å²) in [6.45, 7) is -0.892. The lowest BCUT2D eigenvalue weighted by Crippen LogP contribution is -2.52. The number of hydrogen-bond donors (Lipinski definition) is 2. The number of nitrogens with one attached hydrogen (secondary N) is 1. The molecule has 0 radical (unpaired) electrons. The van der Waals surface area contributed by atoms with E-state index in [2.05, 4.69) is 5.32 Å². The molecular weight excluding hydrogens is 339 g/mol. The molecule has 2 rings (SSSR count). The Morgan fingerprint density at radius 3 is 2.35 bits per heavy atom. The molecule has 0 bridgehead atoms. The Balaban J connectivity index is 2.32. The molecule has 0 aliphatic heterocycles. The van der Waals surface area contributed by atoms with E-state index in [0.717, 1.165) is 11.0 Å². The number of carbonyl (C=O) groups is 3. The van der Waals surface area contributed by atoms with Gasteiger partial charge in [0.1, 0.15) is 12.4 Å². The topological polar surface area (TPSA) is 86.7 Å². The van der Waals surface area contributed by atoms with Gasteiger partial charge in [-0.1, -0.05) is 36.4 Å². The van der Waals surface area contributed by atoms with E-state index in [1.165, 1.54) is 26.2 Å². The molecule has 0 aliphatic rings. The van der Waals surface area contributed by atoms with Crippen LogP contribution in [-0.2, 0) is 9.59 Å². The lowest BCUT2D eigenvalue weighted by Gasteiger charge is -2.25. The summed E-state index contributed by atoms with van der Waals surface area (Å²) in [6.07, 6.45) is 0. The zero-order valence-corrected chi connectivity index (χ0v) is 14.4. The molecule has 2 aromatic carbocycles. The molecule has 26 heavy (non-hydrogen) atoms. The minimum atomic E-state index is -1.49. The summed E-state index contributed by atoms with van der Waals surface area (Å²) in [5, 5.41) is 11.3. The second kappa shape index (κ2) is 8.35. The number of hydrogen-bond acceptors (Lipinski definition) is 4. The Kier molecular flexibility index (Phi) is 6.19. The van der Waals surface area contributed by atoms with Crippen LogP contribution >= 0.6 is 0 Å². The van der Waals surface area contributed by atoms with E-state index in [9.17, 15) is 18.8 Å². The molecule has 0 saturated carbocycles. The predicted molar refractivity (Wildman–Crippen MR) is 93.9 cm³/mol. The zero-order chi connectivity index (χ0) is 19.3. The summed E-state index contributed by atoms with van der Waals surface area (Å²) >= 11 is 0. The lowest BCUT2D eigenvalue weighted by molar-refractivity contribution is -0.135. The number of benzene rings is 2. The van der Waals surface area contributed by atoms with Gasteiger partial charge >= 0.3 is 0 Å². The fourth-order valence-corrected chi connectivity index (χ4v) is 2.58. The molecule has 0 aliphatic carbocycles. The van der Waals surface area contributed by atoms with Crippen LogP contribution < -0.4 is 5.32 Å². The smallest absolute Gasteiger partial charge is 0.254 e. The Morgan fingerprint density at radius 2 is 1.81 bits per heavy atom. The molecule has 0 aromatic heterocycles. The van der Waals surface area contributed by atoms with Crippen LogP contribution in [0.15, 0.2) is 48.5 Å². The Bertz CT molecular complexity index is 808. The second-order valence-electron chi connectivity index (χ2n) is 5.62. The molecule has 0 spiro atoms. The number of halogens is 1. The lowest BCUT2D eigenvalue weighted by atomic mass is 10.0. The minimum Gasteiger partial charge on any atom is -0.388 e. The van der Waals surface area contributed by atoms with Crippen LogP contribution in [0, 0.1) is 5.82 Å². The second-order valence-corrected chi connectivity index (χ2v) is 5.62. The maximum Gasteiger partial charge on any atom is 0.254 e. The molecular formula is C19H19FN2O4. The summed E-state index contributed by atoms with van der Waals surface area (Å²) < 4.78 is 14.5. The van der Waals surface area contributed by atoms with Crippen molar-refractivity contribution in [2.24, 2.45) is 0 Å². The van der Waals surface area contributed by atoms with Crippen molar-refractivity contribution in [2.75, 3.05) is 20.7 Å². The first-order valence-corrected chi connectivity index (χ1v) is 7.88. The molecule has 2 aromatic rings. The third-order valence-corrected chi connectivity index (χ3v) is 3.96. The fourth-order valence-electron chi connectivity index (χ4n) is 2.58. The van der Waals surface area contributed by atoms with Crippen LogP contribution in [0.1, 0.15) is 10.4 Å². The Hall–Kier alpha value is -3.06. The first-order chi connectivity index (χ1) is 12.4. The van der Waals surface area contributed by atoms with Gasteiger partial charge in [-0.15, -0.1) is 0 Å². The summed E-state index contributed by atoms with van der Waals surface area (Å²) in [5.41, 5.74) is 0.986. The molecule has 6 nitrogen and oxygen atoms in total. The van der Waals surface area contributed by atoms with Gasteiger partial charge in [0.15, 0.2) is 11.8 Å². The first kappa shape index (κ1) is 19.3. The summed E-state index contributed by atoms with van der Waals surface area (Å²) in [6, 6.07) is 11.3. The number of carbonyl (C=O) groups excluding carboxylic acids is 3. The number of aliphatic hydroxyl groups excluding tert-OH is 1. The maximum absolute atomic E-state index is 14.5. The Morgan fingerprint density at radius 1 is 1.15 bits per heavy atom. The average Bonchev–Trinajstić information content (AvgIpc) is 2.67. The van der Waals surface area contributed by atoms with Crippen LogP contribution in [0.25, 0.3) is 11.1 Å². The van der Waals surface area contributed by atoms with Crippen molar-refractivity contribution < 1.29 is 23.9 Å². The number of likely N-dealkylation sites (N-methyl/N-ethyl adjacent to an activating group) is 2. The van der Waals surface area contributed by atoms with E-state index in [1.54, 1.807) is 24.3 Å². The van der Waals surface area contributed by atoms with E-state index in [-0.39, 0.29) is 5.56 Å². The summed E-state index contributed by atoms with van der Waals surface area (Å²) in [7, 11) is 2.56. The van der Waals surface area contributed by atoms with Gasteiger partial charge in [0.05, 0.1) is 0 Å². The van der Waals surface area contributed by atoms with Gasteiger partial charge in [0.2, 0.25) is 5.91 Å². The number of rotatable bonds is 6. The number of ketones is 1. The predicted octanol–water partition coefficient (Wildman–Crippen LogP) is 1.24. The highest BCUT2D eigenvalue weighted by atomic mass is 19.1. The molecule has 136 valence electrons. The monoisotopic (exact) mass is 358 g/mol. The molecule has 0 heterocycles. The largest absolute Gasteiger partial charge is 0.388 e. The van der Waals surface area contributed by atoms with E-state index in [1.807, 2.05) is 6.07 Å². The maximum atomic E-state index is 14.5. The average molecular weight is 358 g/mol. The number of aliphatic hydroxyl groups is 1. The first-order valence-electron chi connectivity index (χ1n) is 7.88. The van der Waals surface area contributed by atoms with Crippen molar-refractivity contribution in [3.05, 3.63) is 59.9 Å². The van der Waals surface area contributed by atoms with Crippen LogP contribution in [0.2, 0.25) is 0 Å². The summed E-state index contributed by atoms with van der Waals surface area (Å²) in [4.78, 5) is 37.2. The van der Waals surface area contributed by atoms with E-state index >= 15 is 0 Å². The van der Waals surface area contributed by atoms with Crippen LogP contribution in [0.3, 0.4) is 0 Å². The van der Waals surface area contributed by atoms with E-state index in [4.69, 9.17) is 5.11 Å². The van der Waals surface area contributed by atoms with Gasteiger partial charge in [0, 0.05) is 25.2 Å². The van der Waals surface area contributed by atoms with Crippen molar-refractivity contribution in [1.82, 2.24) is 10.2 Å². The number of Topliss-reactive ketones (excluding diaryl/α,β-unsaturated/α-hetero) is 1. The molecule has 0 fully saturated rings.